The first-order valence-electron chi connectivity index (χ1n) is 7.69. The predicted octanol–water partition coefficient (Wildman–Crippen LogP) is 2.75. The van der Waals surface area contributed by atoms with Crippen molar-refractivity contribution in [3.05, 3.63) is 59.1 Å². The van der Waals surface area contributed by atoms with Gasteiger partial charge in [0.2, 0.25) is 10.0 Å². The third-order valence-corrected chi connectivity index (χ3v) is 7.45. The van der Waals surface area contributed by atoms with Gasteiger partial charge < -0.3 is 0 Å². The van der Waals surface area contributed by atoms with Gasteiger partial charge in [0.15, 0.2) is 9.84 Å². The number of sulfonamides is 1. The molecule has 1 aliphatic carbocycles. The van der Waals surface area contributed by atoms with Crippen LogP contribution >= 0.6 is 11.6 Å². The molecule has 1 N–H and O–H groups in total. The van der Waals surface area contributed by atoms with E-state index >= 15 is 0 Å². The molecule has 0 radical (unpaired) electrons. The highest BCUT2D eigenvalue weighted by molar-refractivity contribution is 7.91. The first kappa shape index (κ1) is 18.4. The Kier molecular flexibility index (Phi) is 4.70. The second kappa shape index (κ2) is 6.39. The van der Waals surface area contributed by atoms with Gasteiger partial charge in [-0.1, -0.05) is 41.9 Å². The SMILES string of the molecule is CS(=O)(=O)c1ccc(Cl)c(S(=O)(=O)NCC2(c3ccccc3)CC2)c1. The topological polar surface area (TPSA) is 80.3 Å². The molecular formula is C17H18ClNO4S2. The number of rotatable bonds is 6. The van der Waals surface area contributed by atoms with Gasteiger partial charge in [0.05, 0.1) is 9.92 Å². The van der Waals surface area contributed by atoms with Crippen LogP contribution in [0.15, 0.2) is 58.3 Å². The van der Waals surface area contributed by atoms with Gasteiger partial charge in [-0.25, -0.2) is 21.6 Å². The number of hydrogen-bond acceptors (Lipinski definition) is 4. The molecule has 0 aromatic heterocycles. The van der Waals surface area contributed by atoms with Crippen LogP contribution in [0.1, 0.15) is 18.4 Å². The fourth-order valence-corrected chi connectivity index (χ4v) is 5.11. The summed E-state index contributed by atoms with van der Waals surface area (Å²) < 4.78 is 51.2. The number of sulfone groups is 1. The second-order valence-corrected chi connectivity index (χ2v) is 10.5. The molecule has 0 aliphatic heterocycles. The lowest BCUT2D eigenvalue weighted by Gasteiger charge is -2.17. The highest BCUT2D eigenvalue weighted by Gasteiger charge is 2.44. The van der Waals surface area contributed by atoms with Crippen molar-refractivity contribution in [3.63, 3.8) is 0 Å². The maximum atomic E-state index is 12.6. The average molecular weight is 400 g/mol. The van der Waals surface area contributed by atoms with Crippen molar-refractivity contribution < 1.29 is 16.8 Å². The van der Waals surface area contributed by atoms with Crippen LogP contribution in [0.25, 0.3) is 0 Å². The molecule has 1 aliphatic rings. The summed E-state index contributed by atoms with van der Waals surface area (Å²) in [6.45, 7) is 0.249. The standard InChI is InChI=1S/C17H18ClNO4S2/c1-24(20,21)14-7-8-15(18)16(11-14)25(22,23)19-12-17(9-10-17)13-5-3-2-4-6-13/h2-8,11,19H,9-10,12H2,1H3. The molecule has 0 atom stereocenters. The van der Waals surface area contributed by atoms with Gasteiger partial charge in [-0.2, -0.15) is 0 Å². The Morgan fingerprint density at radius 2 is 1.68 bits per heavy atom. The lowest BCUT2D eigenvalue weighted by atomic mass is 9.96. The van der Waals surface area contributed by atoms with Crippen LogP contribution in [0.2, 0.25) is 5.02 Å². The molecule has 0 amide bonds. The smallest absolute Gasteiger partial charge is 0.224 e. The van der Waals surface area contributed by atoms with Crippen molar-refractivity contribution in [2.75, 3.05) is 12.8 Å². The highest BCUT2D eigenvalue weighted by atomic mass is 35.5. The van der Waals surface area contributed by atoms with E-state index in [1.807, 2.05) is 30.3 Å². The predicted molar refractivity (Wildman–Crippen MR) is 97.1 cm³/mol. The first-order chi connectivity index (χ1) is 11.6. The molecule has 0 unspecified atom stereocenters. The average Bonchev–Trinajstić information content (AvgIpc) is 3.34. The van der Waals surface area contributed by atoms with E-state index in [1.165, 1.54) is 12.1 Å². The molecule has 1 fully saturated rings. The zero-order valence-electron chi connectivity index (χ0n) is 13.6. The Balaban J connectivity index is 1.86. The number of hydrogen-bond donors (Lipinski definition) is 1. The molecule has 2 aromatic rings. The van der Waals surface area contributed by atoms with Gasteiger partial charge in [-0.05, 0) is 36.6 Å². The Morgan fingerprint density at radius 3 is 2.24 bits per heavy atom. The monoisotopic (exact) mass is 399 g/mol. The molecule has 5 nitrogen and oxygen atoms in total. The van der Waals surface area contributed by atoms with E-state index < -0.39 is 19.9 Å². The lowest BCUT2D eigenvalue weighted by molar-refractivity contribution is 0.567. The molecular weight excluding hydrogens is 382 g/mol. The van der Waals surface area contributed by atoms with Crippen LogP contribution in [0.4, 0.5) is 0 Å². The van der Waals surface area contributed by atoms with Gasteiger partial charge in [0, 0.05) is 18.2 Å². The van der Waals surface area contributed by atoms with Crippen molar-refractivity contribution in [2.24, 2.45) is 0 Å². The summed E-state index contributed by atoms with van der Waals surface area (Å²) in [7, 11) is -7.45. The molecule has 3 rings (SSSR count). The van der Waals surface area contributed by atoms with Gasteiger partial charge in [-0.3, -0.25) is 0 Å². The van der Waals surface area contributed by atoms with Crippen molar-refractivity contribution in [3.8, 4) is 0 Å². The first-order valence-corrected chi connectivity index (χ1v) is 11.4. The minimum atomic E-state index is -3.92. The second-order valence-electron chi connectivity index (χ2n) is 6.34. The third-order valence-electron chi connectivity index (χ3n) is 4.46. The summed E-state index contributed by atoms with van der Waals surface area (Å²) in [5, 5.41) is -0.00976. The third kappa shape index (κ3) is 3.89. The van der Waals surface area contributed by atoms with E-state index in [0.29, 0.717) is 0 Å². The lowest BCUT2D eigenvalue weighted by Crippen LogP contribution is -2.32. The van der Waals surface area contributed by atoms with E-state index in [9.17, 15) is 16.8 Å². The van der Waals surface area contributed by atoms with E-state index in [0.717, 1.165) is 30.7 Å². The van der Waals surface area contributed by atoms with Crippen molar-refractivity contribution in [1.29, 1.82) is 0 Å². The van der Waals surface area contributed by atoms with Crippen LogP contribution in [-0.4, -0.2) is 29.6 Å². The van der Waals surface area contributed by atoms with Crippen LogP contribution in [0.3, 0.4) is 0 Å². The van der Waals surface area contributed by atoms with Gasteiger partial charge in [0.25, 0.3) is 0 Å². The summed E-state index contributed by atoms with van der Waals surface area (Å²) in [5.41, 5.74) is 0.892. The van der Waals surface area contributed by atoms with Gasteiger partial charge >= 0.3 is 0 Å². The molecule has 25 heavy (non-hydrogen) atoms. The summed E-state index contributed by atoms with van der Waals surface area (Å²) >= 11 is 6.00. The van der Waals surface area contributed by atoms with Crippen LogP contribution in [0.5, 0.6) is 0 Å². The highest BCUT2D eigenvalue weighted by Crippen LogP contribution is 2.47. The van der Waals surface area contributed by atoms with E-state index in [4.69, 9.17) is 11.6 Å². The summed E-state index contributed by atoms with van der Waals surface area (Å²) in [6, 6.07) is 13.4. The van der Waals surface area contributed by atoms with Crippen molar-refractivity contribution in [2.45, 2.75) is 28.0 Å². The summed E-state index contributed by atoms with van der Waals surface area (Å²) in [6.07, 6.45) is 2.82. The fraction of sp³-hybridized carbons (Fsp3) is 0.294. The Bertz CT molecular complexity index is 998. The maximum absolute atomic E-state index is 12.6. The number of nitrogens with one attached hydrogen (secondary N) is 1. The van der Waals surface area contributed by atoms with Crippen LogP contribution < -0.4 is 4.72 Å². The minimum Gasteiger partial charge on any atom is -0.224 e. The largest absolute Gasteiger partial charge is 0.242 e. The van der Waals surface area contributed by atoms with Crippen LogP contribution in [0, 0.1) is 0 Å². The minimum absolute atomic E-state index is 0.00976. The normalized spacial score (nSPS) is 16.6. The number of benzene rings is 2. The fourth-order valence-electron chi connectivity index (χ4n) is 2.74. The van der Waals surface area contributed by atoms with Crippen molar-refractivity contribution in [1.82, 2.24) is 4.72 Å². The molecule has 1 saturated carbocycles. The Labute approximate surface area is 153 Å². The van der Waals surface area contributed by atoms with E-state index in [1.54, 1.807) is 0 Å². The maximum Gasteiger partial charge on any atom is 0.242 e. The summed E-state index contributed by atoms with van der Waals surface area (Å²) in [4.78, 5) is -0.303. The molecule has 0 saturated heterocycles. The quantitative estimate of drug-likeness (QED) is 0.809. The van der Waals surface area contributed by atoms with E-state index in [2.05, 4.69) is 4.72 Å². The molecule has 2 aromatic carbocycles. The molecule has 0 heterocycles. The molecule has 134 valence electrons. The zero-order chi connectivity index (χ0) is 18.3. The molecule has 0 bridgehead atoms. The van der Waals surface area contributed by atoms with Crippen molar-refractivity contribution >= 4 is 31.5 Å². The number of halogens is 1. The Hall–Kier alpha value is -1.41. The summed E-state index contributed by atoms with van der Waals surface area (Å²) in [5.74, 6) is 0. The Morgan fingerprint density at radius 1 is 1.04 bits per heavy atom. The van der Waals surface area contributed by atoms with Gasteiger partial charge in [0.1, 0.15) is 4.90 Å². The molecule has 8 heteroatoms. The zero-order valence-corrected chi connectivity index (χ0v) is 16.0. The van der Waals surface area contributed by atoms with Crippen LogP contribution in [-0.2, 0) is 25.3 Å². The van der Waals surface area contributed by atoms with Gasteiger partial charge in [-0.15, -0.1) is 0 Å². The molecule has 0 spiro atoms. The van der Waals surface area contributed by atoms with E-state index in [-0.39, 0.29) is 26.8 Å².